The van der Waals surface area contributed by atoms with Gasteiger partial charge in [0.05, 0.1) is 5.56 Å². The Hall–Kier alpha value is -1.64. The molecule has 0 amide bonds. The molecule has 80 valence electrons. The van der Waals surface area contributed by atoms with Crippen LogP contribution in [0.15, 0.2) is 18.2 Å². The molecule has 1 aromatic carbocycles. The highest BCUT2D eigenvalue weighted by Gasteiger charge is 2.13. The van der Waals surface area contributed by atoms with Crippen molar-refractivity contribution in [3.8, 4) is 0 Å². The minimum atomic E-state index is -1.01. The maximum absolute atomic E-state index is 11.4. The Morgan fingerprint density at radius 3 is 2.27 bits per heavy atom. The molecule has 0 aliphatic heterocycles. The molecule has 0 spiro atoms. The molecule has 0 aromatic heterocycles. The van der Waals surface area contributed by atoms with Crippen molar-refractivity contribution in [1.82, 2.24) is 0 Å². The molecule has 0 saturated carbocycles. The van der Waals surface area contributed by atoms with Crippen LogP contribution in [0.3, 0.4) is 0 Å². The number of carboxylic acids is 1. The molecule has 1 rings (SSSR count). The molecule has 1 aromatic rings. The molecular weight excluding hydrogens is 192 g/mol. The third kappa shape index (κ3) is 2.43. The van der Waals surface area contributed by atoms with Crippen molar-refractivity contribution >= 4 is 11.8 Å². The van der Waals surface area contributed by atoms with E-state index in [-0.39, 0.29) is 17.3 Å². The van der Waals surface area contributed by atoms with Gasteiger partial charge in [0.25, 0.3) is 0 Å². The Morgan fingerprint density at radius 2 is 1.87 bits per heavy atom. The van der Waals surface area contributed by atoms with E-state index in [2.05, 4.69) is 0 Å². The average molecular weight is 206 g/mol. The van der Waals surface area contributed by atoms with E-state index in [4.69, 9.17) is 5.11 Å². The van der Waals surface area contributed by atoms with Gasteiger partial charge in [-0.1, -0.05) is 19.9 Å². The topological polar surface area (TPSA) is 54.4 Å². The van der Waals surface area contributed by atoms with Crippen LogP contribution in [0.25, 0.3) is 0 Å². The molecule has 0 aliphatic rings. The minimum absolute atomic E-state index is 0.0956. The molecule has 0 saturated heterocycles. The first-order chi connectivity index (χ1) is 6.93. The first-order valence-electron chi connectivity index (χ1n) is 4.81. The zero-order valence-corrected chi connectivity index (χ0v) is 9.07. The van der Waals surface area contributed by atoms with Gasteiger partial charge in [-0.3, -0.25) is 4.79 Å². The molecule has 0 bridgehead atoms. The Morgan fingerprint density at radius 1 is 1.27 bits per heavy atom. The Bertz CT molecular complexity index is 405. The highest BCUT2D eigenvalue weighted by molar-refractivity contribution is 5.98. The predicted octanol–water partition coefficient (Wildman–Crippen LogP) is 2.71. The summed E-state index contributed by atoms with van der Waals surface area (Å²) >= 11 is 0. The van der Waals surface area contributed by atoms with Gasteiger partial charge in [0, 0.05) is 5.56 Å². The lowest BCUT2D eigenvalue weighted by Crippen LogP contribution is -2.05. The zero-order chi connectivity index (χ0) is 11.6. The van der Waals surface area contributed by atoms with E-state index in [0.717, 1.165) is 5.56 Å². The summed E-state index contributed by atoms with van der Waals surface area (Å²) in [5, 5.41) is 8.81. The van der Waals surface area contributed by atoms with E-state index in [1.807, 2.05) is 13.8 Å². The third-order valence-corrected chi connectivity index (χ3v) is 2.30. The molecule has 15 heavy (non-hydrogen) atoms. The molecule has 0 aliphatic carbocycles. The number of hydrogen-bond acceptors (Lipinski definition) is 2. The van der Waals surface area contributed by atoms with Crippen LogP contribution in [-0.4, -0.2) is 16.9 Å². The highest BCUT2D eigenvalue weighted by Crippen LogP contribution is 2.21. The zero-order valence-electron chi connectivity index (χ0n) is 9.07. The first-order valence-corrected chi connectivity index (χ1v) is 4.81. The lowest BCUT2D eigenvalue weighted by molar-refractivity contribution is 0.0697. The second kappa shape index (κ2) is 4.26. The molecule has 0 atom stereocenters. The maximum Gasteiger partial charge on any atom is 0.335 e. The standard InChI is InChI=1S/C12H14O3/c1-7(2)10-5-4-9(12(14)15)6-11(10)8(3)13/h4-7H,1-3H3,(H,14,15). The van der Waals surface area contributed by atoms with Crippen molar-refractivity contribution in [3.63, 3.8) is 0 Å². The van der Waals surface area contributed by atoms with E-state index in [1.54, 1.807) is 6.07 Å². The summed E-state index contributed by atoms with van der Waals surface area (Å²) in [6.07, 6.45) is 0. The van der Waals surface area contributed by atoms with Crippen molar-refractivity contribution in [2.45, 2.75) is 26.7 Å². The van der Waals surface area contributed by atoms with Crippen LogP contribution in [-0.2, 0) is 0 Å². The van der Waals surface area contributed by atoms with Gasteiger partial charge in [-0.2, -0.15) is 0 Å². The highest BCUT2D eigenvalue weighted by atomic mass is 16.4. The van der Waals surface area contributed by atoms with E-state index in [9.17, 15) is 9.59 Å². The van der Waals surface area contributed by atoms with Crippen LogP contribution in [0.2, 0.25) is 0 Å². The molecule has 0 heterocycles. The summed E-state index contributed by atoms with van der Waals surface area (Å²) in [6.45, 7) is 5.40. The Kier molecular flexibility index (Phi) is 3.24. The number of carbonyl (C=O) groups excluding carboxylic acids is 1. The fraction of sp³-hybridized carbons (Fsp3) is 0.333. The summed E-state index contributed by atoms with van der Waals surface area (Å²) in [7, 11) is 0. The van der Waals surface area contributed by atoms with Gasteiger partial charge in [0.1, 0.15) is 0 Å². The smallest absolute Gasteiger partial charge is 0.335 e. The van der Waals surface area contributed by atoms with E-state index < -0.39 is 5.97 Å². The van der Waals surface area contributed by atoms with Gasteiger partial charge < -0.3 is 5.11 Å². The van der Waals surface area contributed by atoms with Gasteiger partial charge in [0.2, 0.25) is 0 Å². The Balaban J connectivity index is 3.33. The SMILES string of the molecule is CC(=O)c1cc(C(=O)O)ccc1C(C)C. The van der Waals surface area contributed by atoms with Crippen LogP contribution < -0.4 is 0 Å². The van der Waals surface area contributed by atoms with Crippen LogP contribution in [0.5, 0.6) is 0 Å². The molecule has 0 fully saturated rings. The first kappa shape index (κ1) is 11.4. The summed E-state index contributed by atoms with van der Waals surface area (Å²) in [5.74, 6) is -0.888. The molecule has 0 radical (unpaired) electrons. The van der Waals surface area contributed by atoms with Crippen LogP contribution >= 0.6 is 0 Å². The van der Waals surface area contributed by atoms with Crippen molar-refractivity contribution in [3.05, 3.63) is 34.9 Å². The predicted molar refractivity (Wildman–Crippen MR) is 57.5 cm³/mol. The monoisotopic (exact) mass is 206 g/mol. The fourth-order valence-corrected chi connectivity index (χ4v) is 1.50. The van der Waals surface area contributed by atoms with Gasteiger partial charge in [-0.25, -0.2) is 4.79 Å². The number of carbonyl (C=O) groups is 2. The van der Waals surface area contributed by atoms with Crippen molar-refractivity contribution in [1.29, 1.82) is 0 Å². The molecule has 3 nitrogen and oxygen atoms in total. The number of rotatable bonds is 3. The number of benzene rings is 1. The van der Waals surface area contributed by atoms with E-state index in [1.165, 1.54) is 19.1 Å². The summed E-state index contributed by atoms with van der Waals surface area (Å²) in [6, 6.07) is 4.69. The van der Waals surface area contributed by atoms with Crippen molar-refractivity contribution < 1.29 is 14.7 Å². The van der Waals surface area contributed by atoms with Gasteiger partial charge >= 0.3 is 5.97 Å². The van der Waals surface area contributed by atoms with Crippen LogP contribution in [0.4, 0.5) is 0 Å². The molecule has 0 unspecified atom stereocenters. The van der Waals surface area contributed by atoms with E-state index in [0.29, 0.717) is 5.56 Å². The quantitative estimate of drug-likeness (QED) is 0.773. The molecule has 1 N–H and O–H groups in total. The second-order valence-corrected chi connectivity index (χ2v) is 3.82. The lowest BCUT2D eigenvalue weighted by Gasteiger charge is -2.11. The van der Waals surface area contributed by atoms with Crippen LogP contribution in [0.1, 0.15) is 53.0 Å². The van der Waals surface area contributed by atoms with E-state index >= 15 is 0 Å². The number of ketones is 1. The number of carboxylic acid groups (broad SMARTS) is 1. The largest absolute Gasteiger partial charge is 0.478 e. The van der Waals surface area contributed by atoms with Crippen molar-refractivity contribution in [2.24, 2.45) is 0 Å². The fourth-order valence-electron chi connectivity index (χ4n) is 1.50. The van der Waals surface area contributed by atoms with Gasteiger partial charge in [-0.05, 0) is 30.5 Å². The molecule has 3 heteroatoms. The number of hydrogen-bond donors (Lipinski definition) is 1. The van der Waals surface area contributed by atoms with Gasteiger partial charge in [0.15, 0.2) is 5.78 Å². The van der Waals surface area contributed by atoms with Gasteiger partial charge in [-0.15, -0.1) is 0 Å². The number of aromatic carboxylic acids is 1. The summed E-state index contributed by atoms with van der Waals surface area (Å²) in [5.41, 5.74) is 1.56. The maximum atomic E-state index is 11.4. The summed E-state index contributed by atoms with van der Waals surface area (Å²) < 4.78 is 0. The van der Waals surface area contributed by atoms with Crippen LogP contribution in [0, 0.1) is 0 Å². The van der Waals surface area contributed by atoms with Crippen molar-refractivity contribution in [2.75, 3.05) is 0 Å². The summed E-state index contributed by atoms with van der Waals surface area (Å²) in [4.78, 5) is 22.1. The lowest BCUT2D eigenvalue weighted by atomic mass is 9.93. The Labute approximate surface area is 88.7 Å². The number of Topliss-reactive ketones (excluding diaryl/α,β-unsaturated/α-hetero) is 1. The minimum Gasteiger partial charge on any atom is -0.478 e. The average Bonchev–Trinajstić information content (AvgIpc) is 2.16. The second-order valence-electron chi connectivity index (χ2n) is 3.82. The third-order valence-electron chi connectivity index (χ3n) is 2.30. The molecular formula is C12H14O3. The normalized spacial score (nSPS) is 10.4.